The number of hydrogen-bond acceptors (Lipinski definition) is 1. The largest absolute Gasteiger partial charge is 0.299 e. The lowest BCUT2D eigenvalue weighted by molar-refractivity contribution is 0.582. The fourth-order valence-corrected chi connectivity index (χ4v) is 2.30. The van der Waals surface area contributed by atoms with Crippen LogP contribution in [0.2, 0.25) is 5.02 Å². The minimum atomic E-state index is -0.617. The Hall–Kier alpha value is -2.20. The molecule has 2 nitrogen and oxygen atoms in total. The highest BCUT2D eigenvalue weighted by Crippen LogP contribution is 2.29. The molecule has 0 spiro atoms. The van der Waals surface area contributed by atoms with Crippen LogP contribution in [0, 0.1) is 18.6 Å². The molecule has 0 aliphatic rings. The summed E-state index contributed by atoms with van der Waals surface area (Å²) >= 11 is 5.86. The molecular formula is C16H11ClF2N2. The van der Waals surface area contributed by atoms with Gasteiger partial charge in [0.05, 0.1) is 23.8 Å². The zero-order valence-corrected chi connectivity index (χ0v) is 11.9. The molecule has 0 aliphatic heterocycles. The Labute approximate surface area is 125 Å². The Balaban J connectivity index is 2.20. The van der Waals surface area contributed by atoms with Gasteiger partial charge in [-0.15, -0.1) is 0 Å². The molecule has 0 fully saturated rings. The monoisotopic (exact) mass is 304 g/mol. The summed E-state index contributed by atoms with van der Waals surface area (Å²) in [5.41, 5.74) is 1.39. The number of hydrogen-bond donors (Lipinski definition) is 0. The predicted molar refractivity (Wildman–Crippen MR) is 78.7 cm³/mol. The van der Waals surface area contributed by atoms with E-state index >= 15 is 0 Å². The third kappa shape index (κ3) is 2.43. The lowest BCUT2D eigenvalue weighted by atomic mass is 10.1. The van der Waals surface area contributed by atoms with Gasteiger partial charge in [0, 0.05) is 10.7 Å². The van der Waals surface area contributed by atoms with Crippen molar-refractivity contribution in [1.29, 1.82) is 0 Å². The van der Waals surface area contributed by atoms with E-state index in [4.69, 9.17) is 11.6 Å². The topological polar surface area (TPSA) is 17.8 Å². The average Bonchev–Trinajstić information content (AvgIpc) is 2.93. The Morgan fingerprint density at radius 3 is 2.48 bits per heavy atom. The average molecular weight is 305 g/mol. The van der Waals surface area contributed by atoms with E-state index in [2.05, 4.69) is 4.98 Å². The van der Waals surface area contributed by atoms with Gasteiger partial charge in [0.25, 0.3) is 0 Å². The number of aromatic nitrogens is 2. The molecule has 3 aromatic rings. The summed E-state index contributed by atoms with van der Waals surface area (Å²) in [6, 6.07) is 9.62. The summed E-state index contributed by atoms with van der Waals surface area (Å²) in [4.78, 5) is 4.01. The van der Waals surface area contributed by atoms with Gasteiger partial charge >= 0.3 is 0 Å². The predicted octanol–water partition coefficient (Wildman–Crippen LogP) is 4.78. The Morgan fingerprint density at radius 2 is 1.76 bits per heavy atom. The van der Waals surface area contributed by atoms with Crippen molar-refractivity contribution in [1.82, 2.24) is 9.55 Å². The van der Waals surface area contributed by atoms with Gasteiger partial charge in [0.2, 0.25) is 0 Å². The number of nitrogens with zero attached hydrogens (tertiary/aromatic N) is 2. The van der Waals surface area contributed by atoms with Crippen LogP contribution >= 0.6 is 11.6 Å². The Kier molecular flexibility index (Phi) is 3.47. The number of rotatable bonds is 2. The van der Waals surface area contributed by atoms with Gasteiger partial charge in [0.1, 0.15) is 11.6 Å². The van der Waals surface area contributed by atoms with Crippen LogP contribution in [0.1, 0.15) is 5.56 Å². The van der Waals surface area contributed by atoms with Gasteiger partial charge in [-0.05, 0) is 42.8 Å². The molecule has 0 amide bonds. The first-order valence-electron chi connectivity index (χ1n) is 6.31. The Bertz CT molecular complexity index is 795. The first-order chi connectivity index (χ1) is 10.1. The molecule has 0 radical (unpaired) electrons. The third-order valence-corrected chi connectivity index (χ3v) is 3.54. The maximum Gasteiger partial charge on any atom is 0.138 e. The van der Waals surface area contributed by atoms with E-state index in [1.807, 2.05) is 0 Å². The minimum absolute atomic E-state index is 0.0811. The van der Waals surface area contributed by atoms with E-state index in [0.717, 1.165) is 5.69 Å². The summed E-state index contributed by atoms with van der Waals surface area (Å²) in [5, 5.41) is 0.591. The molecule has 0 saturated carbocycles. The normalized spacial score (nSPS) is 10.9. The van der Waals surface area contributed by atoms with E-state index < -0.39 is 11.6 Å². The molecule has 3 rings (SSSR count). The molecule has 0 bridgehead atoms. The first kappa shape index (κ1) is 13.8. The van der Waals surface area contributed by atoms with Gasteiger partial charge in [-0.1, -0.05) is 17.7 Å². The molecule has 106 valence electrons. The SMILES string of the molecule is Cc1ccc(F)c(-c2cncn2-c2ccc(Cl)cc2)c1F. The number of halogens is 3. The van der Waals surface area contributed by atoms with Gasteiger partial charge in [0.15, 0.2) is 0 Å². The van der Waals surface area contributed by atoms with Crippen LogP contribution in [0.25, 0.3) is 16.9 Å². The van der Waals surface area contributed by atoms with E-state index in [-0.39, 0.29) is 5.56 Å². The quantitative estimate of drug-likeness (QED) is 0.666. The molecule has 1 aromatic heterocycles. The first-order valence-corrected chi connectivity index (χ1v) is 6.69. The van der Waals surface area contributed by atoms with E-state index in [1.54, 1.807) is 35.8 Å². The molecule has 0 saturated heterocycles. The molecule has 5 heteroatoms. The Morgan fingerprint density at radius 1 is 1.05 bits per heavy atom. The van der Waals surface area contributed by atoms with Crippen LogP contribution in [-0.2, 0) is 0 Å². The molecule has 0 unspecified atom stereocenters. The molecule has 0 atom stereocenters. The van der Waals surface area contributed by atoms with Crippen LogP contribution < -0.4 is 0 Å². The highest BCUT2D eigenvalue weighted by Gasteiger charge is 2.17. The second kappa shape index (κ2) is 5.30. The van der Waals surface area contributed by atoms with Crippen molar-refractivity contribution >= 4 is 11.6 Å². The van der Waals surface area contributed by atoms with Crippen molar-refractivity contribution in [2.75, 3.05) is 0 Å². The maximum absolute atomic E-state index is 14.3. The maximum atomic E-state index is 14.3. The molecule has 2 aromatic carbocycles. The number of benzene rings is 2. The highest BCUT2D eigenvalue weighted by molar-refractivity contribution is 6.30. The summed E-state index contributed by atoms with van der Waals surface area (Å²) in [7, 11) is 0. The highest BCUT2D eigenvalue weighted by atomic mass is 35.5. The summed E-state index contributed by atoms with van der Waals surface area (Å²) in [5.74, 6) is -1.19. The summed E-state index contributed by atoms with van der Waals surface area (Å²) in [6.45, 7) is 1.60. The lowest BCUT2D eigenvalue weighted by Crippen LogP contribution is -2.00. The second-order valence-electron chi connectivity index (χ2n) is 4.68. The molecule has 21 heavy (non-hydrogen) atoms. The van der Waals surface area contributed by atoms with Crippen LogP contribution in [0.4, 0.5) is 8.78 Å². The second-order valence-corrected chi connectivity index (χ2v) is 5.12. The van der Waals surface area contributed by atoms with E-state index in [1.165, 1.54) is 24.7 Å². The third-order valence-electron chi connectivity index (χ3n) is 3.28. The molecule has 1 heterocycles. The standard InChI is InChI=1S/C16H11ClF2N2/c1-10-2-7-13(18)15(16(10)19)14-8-20-9-21(14)12-5-3-11(17)4-6-12/h2-9H,1H3. The van der Waals surface area contributed by atoms with Gasteiger partial charge in [-0.25, -0.2) is 13.8 Å². The van der Waals surface area contributed by atoms with Crippen molar-refractivity contribution in [2.45, 2.75) is 6.92 Å². The van der Waals surface area contributed by atoms with Gasteiger partial charge in [-0.3, -0.25) is 4.57 Å². The zero-order chi connectivity index (χ0) is 15.0. The van der Waals surface area contributed by atoms with Crippen LogP contribution in [0.3, 0.4) is 0 Å². The van der Waals surface area contributed by atoms with Crippen molar-refractivity contribution in [3.05, 3.63) is 71.1 Å². The van der Waals surface area contributed by atoms with Gasteiger partial charge < -0.3 is 0 Å². The minimum Gasteiger partial charge on any atom is -0.299 e. The van der Waals surface area contributed by atoms with Crippen molar-refractivity contribution in [3.8, 4) is 16.9 Å². The van der Waals surface area contributed by atoms with Gasteiger partial charge in [-0.2, -0.15) is 0 Å². The fourth-order valence-electron chi connectivity index (χ4n) is 2.18. The lowest BCUT2D eigenvalue weighted by Gasteiger charge is -2.11. The molecule has 0 N–H and O–H groups in total. The van der Waals surface area contributed by atoms with E-state index in [9.17, 15) is 8.78 Å². The summed E-state index contributed by atoms with van der Waals surface area (Å²) < 4.78 is 30.0. The molecular weight excluding hydrogens is 294 g/mol. The fraction of sp³-hybridized carbons (Fsp3) is 0.0625. The van der Waals surface area contributed by atoms with Crippen LogP contribution in [0.5, 0.6) is 0 Å². The van der Waals surface area contributed by atoms with Crippen molar-refractivity contribution in [3.63, 3.8) is 0 Å². The van der Waals surface area contributed by atoms with Crippen LogP contribution in [-0.4, -0.2) is 9.55 Å². The summed E-state index contributed by atoms with van der Waals surface area (Å²) in [6.07, 6.45) is 2.95. The van der Waals surface area contributed by atoms with E-state index in [0.29, 0.717) is 16.3 Å². The number of aryl methyl sites for hydroxylation is 1. The number of imidazole rings is 1. The zero-order valence-electron chi connectivity index (χ0n) is 11.1. The smallest absolute Gasteiger partial charge is 0.138 e. The van der Waals surface area contributed by atoms with Crippen LogP contribution in [0.15, 0.2) is 48.9 Å². The van der Waals surface area contributed by atoms with Crippen molar-refractivity contribution in [2.24, 2.45) is 0 Å². The van der Waals surface area contributed by atoms with Crippen molar-refractivity contribution < 1.29 is 8.78 Å². The molecule has 0 aliphatic carbocycles.